The van der Waals surface area contributed by atoms with Crippen LogP contribution in [0.3, 0.4) is 0 Å². The van der Waals surface area contributed by atoms with Crippen LogP contribution < -0.4 is 14.2 Å². The fourth-order valence-corrected chi connectivity index (χ4v) is 3.03. The first-order valence-corrected chi connectivity index (χ1v) is 8.79. The molecule has 0 aliphatic carbocycles. The van der Waals surface area contributed by atoms with Gasteiger partial charge >= 0.3 is 0 Å². The van der Waals surface area contributed by atoms with Gasteiger partial charge in [-0.15, -0.1) is 0 Å². The van der Waals surface area contributed by atoms with Crippen LogP contribution in [0.25, 0.3) is 0 Å². The van der Waals surface area contributed by atoms with Crippen molar-refractivity contribution in [1.29, 1.82) is 0 Å². The van der Waals surface area contributed by atoms with E-state index in [0.29, 0.717) is 29.6 Å². The molecule has 1 aliphatic rings. The van der Waals surface area contributed by atoms with Gasteiger partial charge in [0.15, 0.2) is 0 Å². The molecule has 2 heterocycles. The zero-order valence-corrected chi connectivity index (χ0v) is 15.5. The van der Waals surface area contributed by atoms with Gasteiger partial charge in [-0.25, -0.2) is 0 Å². The van der Waals surface area contributed by atoms with Gasteiger partial charge in [0, 0.05) is 37.0 Å². The highest BCUT2D eigenvalue weighted by molar-refractivity contribution is 6.30. The zero-order valence-electron chi connectivity index (χ0n) is 14.8. The Morgan fingerprint density at radius 1 is 1.08 bits per heavy atom. The van der Waals surface area contributed by atoms with Gasteiger partial charge in [0.2, 0.25) is 11.8 Å². The fourth-order valence-electron chi connectivity index (χ4n) is 2.91. The van der Waals surface area contributed by atoms with Crippen LogP contribution in [0.1, 0.15) is 23.2 Å². The van der Waals surface area contributed by atoms with Crippen LogP contribution in [0.4, 0.5) is 0 Å². The zero-order chi connectivity index (χ0) is 18.5. The van der Waals surface area contributed by atoms with Crippen molar-refractivity contribution >= 4 is 17.5 Å². The number of carbonyl (C=O) groups is 1. The molecule has 7 heteroatoms. The third kappa shape index (κ3) is 4.19. The molecule has 0 bridgehead atoms. The Bertz CT molecular complexity index is 759. The number of aromatic nitrogens is 1. The standard InChI is InChI=1S/C19H21ClN2O4/c1-24-17-8-7-16(18(21-17)25-2)19(23)22-11-9-15(10-12-22)26-14-5-3-13(20)4-6-14/h3-8,15H,9-12H2,1-2H3. The van der Waals surface area contributed by atoms with Crippen LogP contribution in [0.15, 0.2) is 36.4 Å². The number of halogens is 1. The number of benzene rings is 1. The lowest BCUT2D eigenvalue weighted by atomic mass is 10.1. The highest BCUT2D eigenvalue weighted by Crippen LogP contribution is 2.25. The van der Waals surface area contributed by atoms with E-state index in [-0.39, 0.29) is 17.9 Å². The molecular weight excluding hydrogens is 356 g/mol. The highest BCUT2D eigenvalue weighted by atomic mass is 35.5. The van der Waals surface area contributed by atoms with Gasteiger partial charge in [-0.1, -0.05) is 11.6 Å². The highest BCUT2D eigenvalue weighted by Gasteiger charge is 2.27. The minimum atomic E-state index is -0.0954. The van der Waals surface area contributed by atoms with E-state index in [1.807, 2.05) is 12.1 Å². The molecule has 0 saturated carbocycles. The molecule has 1 amide bonds. The van der Waals surface area contributed by atoms with E-state index in [1.54, 1.807) is 29.2 Å². The molecule has 0 unspecified atom stereocenters. The van der Waals surface area contributed by atoms with E-state index >= 15 is 0 Å². The second-order valence-corrected chi connectivity index (χ2v) is 6.41. The van der Waals surface area contributed by atoms with Gasteiger partial charge in [-0.3, -0.25) is 4.79 Å². The second-order valence-electron chi connectivity index (χ2n) is 5.97. The topological polar surface area (TPSA) is 60.9 Å². The fraction of sp³-hybridized carbons (Fsp3) is 0.368. The number of nitrogens with zero attached hydrogens (tertiary/aromatic N) is 2. The van der Waals surface area contributed by atoms with Crippen molar-refractivity contribution in [3.05, 3.63) is 47.0 Å². The number of pyridine rings is 1. The molecule has 0 N–H and O–H groups in total. The summed E-state index contributed by atoms with van der Waals surface area (Å²) in [4.78, 5) is 18.8. The molecule has 0 radical (unpaired) electrons. The Hall–Kier alpha value is -2.47. The Balaban J connectivity index is 1.60. The Kier molecular flexibility index (Phi) is 5.83. The van der Waals surface area contributed by atoms with Gasteiger partial charge < -0.3 is 19.1 Å². The number of amides is 1. The van der Waals surface area contributed by atoms with Crippen molar-refractivity contribution in [3.8, 4) is 17.5 Å². The normalized spacial score (nSPS) is 14.8. The predicted molar refractivity (Wildman–Crippen MR) is 98.3 cm³/mol. The number of piperidine rings is 1. The molecule has 1 aromatic carbocycles. The maximum atomic E-state index is 12.8. The van der Waals surface area contributed by atoms with Crippen molar-refractivity contribution in [1.82, 2.24) is 9.88 Å². The first-order valence-electron chi connectivity index (χ1n) is 8.41. The first kappa shape index (κ1) is 18.3. The van der Waals surface area contributed by atoms with Crippen molar-refractivity contribution in [3.63, 3.8) is 0 Å². The van der Waals surface area contributed by atoms with E-state index in [9.17, 15) is 4.79 Å². The summed E-state index contributed by atoms with van der Waals surface area (Å²) in [5, 5.41) is 0.680. The summed E-state index contributed by atoms with van der Waals surface area (Å²) in [6, 6.07) is 10.7. The van der Waals surface area contributed by atoms with Crippen LogP contribution in [-0.4, -0.2) is 49.2 Å². The molecule has 1 saturated heterocycles. The molecule has 1 aliphatic heterocycles. The van der Waals surface area contributed by atoms with E-state index in [0.717, 1.165) is 18.6 Å². The maximum absolute atomic E-state index is 12.8. The number of ether oxygens (including phenoxy) is 3. The number of hydrogen-bond acceptors (Lipinski definition) is 5. The smallest absolute Gasteiger partial charge is 0.259 e. The predicted octanol–water partition coefficient (Wildman–Crippen LogP) is 3.44. The molecule has 0 atom stereocenters. The van der Waals surface area contributed by atoms with Crippen LogP contribution >= 0.6 is 11.6 Å². The lowest BCUT2D eigenvalue weighted by molar-refractivity contribution is 0.0592. The summed E-state index contributed by atoms with van der Waals surface area (Å²) in [6.45, 7) is 1.23. The Morgan fingerprint density at radius 2 is 1.77 bits per heavy atom. The SMILES string of the molecule is COc1ccc(C(=O)N2CCC(Oc3ccc(Cl)cc3)CC2)c(OC)n1. The quantitative estimate of drug-likeness (QED) is 0.800. The lowest BCUT2D eigenvalue weighted by Crippen LogP contribution is -2.42. The number of methoxy groups -OCH3 is 2. The van der Waals surface area contributed by atoms with Gasteiger partial charge in [-0.05, 0) is 30.3 Å². The largest absolute Gasteiger partial charge is 0.490 e. The van der Waals surface area contributed by atoms with Crippen molar-refractivity contribution in [2.24, 2.45) is 0 Å². The van der Waals surface area contributed by atoms with Crippen LogP contribution in [-0.2, 0) is 0 Å². The number of rotatable bonds is 5. The molecule has 6 nitrogen and oxygen atoms in total. The lowest BCUT2D eigenvalue weighted by Gasteiger charge is -2.32. The monoisotopic (exact) mass is 376 g/mol. The average molecular weight is 377 g/mol. The van der Waals surface area contributed by atoms with E-state index in [4.69, 9.17) is 25.8 Å². The van der Waals surface area contributed by atoms with Gasteiger partial charge in [0.1, 0.15) is 17.4 Å². The Labute approximate surface area is 157 Å². The number of likely N-dealkylation sites (tertiary alicyclic amines) is 1. The van der Waals surface area contributed by atoms with E-state index in [1.165, 1.54) is 14.2 Å². The molecule has 138 valence electrons. The maximum Gasteiger partial charge on any atom is 0.259 e. The minimum Gasteiger partial charge on any atom is -0.490 e. The van der Waals surface area contributed by atoms with E-state index < -0.39 is 0 Å². The summed E-state index contributed by atoms with van der Waals surface area (Å²) in [5.41, 5.74) is 0.436. The third-order valence-electron chi connectivity index (χ3n) is 4.31. The van der Waals surface area contributed by atoms with Crippen molar-refractivity contribution in [2.45, 2.75) is 18.9 Å². The van der Waals surface area contributed by atoms with Gasteiger partial charge in [0.05, 0.1) is 14.2 Å². The molecule has 2 aromatic rings. The van der Waals surface area contributed by atoms with Crippen LogP contribution in [0.2, 0.25) is 5.02 Å². The minimum absolute atomic E-state index is 0.0797. The molecule has 26 heavy (non-hydrogen) atoms. The van der Waals surface area contributed by atoms with Gasteiger partial charge in [0.25, 0.3) is 5.91 Å². The van der Waals surface area contributed by atoms with Crippen molar-refractivity contribution < 1.29 is 19.0 Å². The van der Waals surface area contributed by atoms with E-state index in [2.05, 4.69) is 4.98 Å². The molecule has 1 aromatic heterocycles. The average Bonchev–Trinajstić information content (AvgIpc) is 2.69. The van der Waals surface area contributed by atoms with Gasteiger partial charge in [-0.2, -0.15) is 4.98 Å². The first-order chi connectivity index (χ1) is 12.6. The molecule has 0 spiro atoms. The number of carbonyl (C=O) groups excluding carboxylic acids is 1. The third-order valence-corrected chi connectivity index (χ3v) is 4.57. The second kappa shape index (κ2) is 8.27. The summed E-state index contributed by atoms with van der Waals surface area (Å²) in [5.74, 6) is 1.38. The summed E-state index contributed by atoms with van der Waals surface area (Å²) in [6.07, 6.45) is 1.61. The Morgan fingerprint density at radius 3 is 2.38 bits per heavy atom. The van der Waals surface area contributed by atoms with Crippen LogP contribution in [0, 0.1) is 0 Å². The molecular formula is C19H21ClN2O4. The van der Waals surface area contributed by atoms with Crippen molar-refractivity contribution in [2.75, 3.05) is 27.3 Å². The summed E-state index contributed by atoms with van der Waals surface area (Å²) < 4.78 is 16.3. The van der Waals surface area contributed by atoms with Crippen LogP contribution in [0.5, 0.6) is 17.5 Å². The molecule has 3 rings (SSSR count). The molecule has 1 fully saturated rings. The number of hydrogen-bond donors (Lipinski definition) is 0. The summed E-state index contributed by atoms with van der Waals surface area (Å²) >= 11 is 5.89. The summed E-state index contributed by atoms with van der Waals surface area (Å²) in [7, 11) is 3.01.